The molecule has 0 aliphatic heterocycles. The van der Waals surface area contributed by atoms with Gasteiger partial charge in [-0.2, -0.15) is 0 Å². The van der Waals surface area contributed by atoms with Crippen LogP contribution in [-0.4, -0.2) is 16.2 Å². The summed E-state index contributed by atoms with van der Waals surface area (Å²) in [5.74, 6) is -0.0433. The van der Waals surface area contributed by atoms with Crippen LogP contribution in [-0.2, 0) is 7.05 Å². The zero-order valence-corrected chi connectivity index (χ0v) is 13.7. The minimum Gasteiger partial charge on any atom is -0.488 e. The quantitative estimate of drug-likeness (QED) is 0.749. The molecule has 1 atom stereocenters. The van der Waals surface area contributed by atoms with E-state index < -0.39 is 5.82 Å². The van der Waals surface area contributed by atoms with Crippen molar-refractivity contribution < 1.29 is 9.13 Å². The maximum Gasteiger partial charge on any atom is 0.293 e. The molecule has 2 aromatic carbocycles. The van der Waals surface area contributed by atoms with Crippen molar-refractivity contribution in [2.75, 3.05) is 11.9 Å². The first-order valence-corrected chi connectivity index (χ1v) is 7.85. The number of hydrogen-bond donors (Lipinski definition) is 1. The molecule has 0 saturated heterocycles. The average molecular weight is 339 g/mol. The molecule has 25 heavy (non-hydrogen) atoms. The number of nitrogens with one attached hydrogen (secondary N) is 1. The van der Waals surface area contributed by atoms with Crippen LogP contribution in [0, 0.1) is 5.82 Å². The number of nitrogens with zero attached hydrogens (tertiary/aromatic N) is 2. The van der Waals surface area contributed by atoms with Gasteiger partial charge in [-0.1, -0.05) is 42.5 Å². The Morgan fingerprint density at radius 1 is 1.16 bits per heavy atom. The van der Waals surface area contributed by atoms with Crippen LogP contribution in [0.25, 0.3) is 0 Å². The van der Waals surface area contributed by atoms with Crippen LogP contribution in [0.1, 0.15) is 11.6 Å². The summed E-state index contributed by atoms with van der Waals surface area (Å²) in [7, 11) is 1.66. The lowest BCUT2D eigenvalue weighted by Crippen LogP contribution is -2.27. The summed E-state index contributed by atoms with van der Waals surface area (Å²) in [5.41, 5.74) is 0.667. The first-order chi connectivity index (χ1) is 12.1. The summed E-state index contributed by atoms with van der Waals surface area (Å²) < 4.78 is 20.8. The smallest absolute Gasteiger partial charge is 0.293 e. The van der Waals surface area contributed by atoms with E-state index in [0.717, 1.165) is 5.56 Å². The molecule has 0 bridgehead atoms. The zero-order valence-electron chi connectivity index (χ0n) is 13.7. The number of benzene rings is 2. The van der Waals surface area contributed by atoms with E-state index in [2.05, 4.69) is 10.3 Å². The molecule has 0 unspecified atom stereocenters. The third kappa shape index (κ3) is 4.03. The van der Waals surface area contributed by atoms with Gasteiger partial charge in [0.25, 0.3) is 5.56 Å². The van der Waals surface area contributed by atoms with Crippen LogP contribution in [0.5, 0.6) is 5.75 Å². The topological polar surface area (TPSA) is 56.1 Å². The molecule has 6 heteroatoms. The highest BCUT2D eigenvalue weighted by molar-refractivity contribution is 5.36. The van der Waals surface area contributed by atoms with Gasteiger partial charge in [-0.3, -0.25) is 4.79 Å². The van der Waals surface area contributed by atoms with E-state index in [0.29, 0.717) is 0 Å². The lowest BCUT2D eigenvalue weighted by atomic mass is 10.1. The fourth-order valence-corrected chi connectivity index (χ4v) is 2.40. The number of hydrogen-bond acceptors (Lipinski definition) is 4. The first-order valence-electron chi connectivity index (χ1n) is 7.85. The van der Waals surface area contributed by atoms with Crippen molar-refractivity contribution in [3.05, 3.63) is 88.7 Å². The summed E-state index contributed by atoms with van der Waals surface area (Å²) >= 11 is 0. The van der Waals surface area contributed by atoms with Gasteiger partial charge in [0, 0.05) is 19.4 Å². The zero-order chi connectivity index (χ0) is 17.6. The van der Waals surface area contributed by atoms with E-state index in [1.807, 2.05) is 30.3 Å². The fourth-order valence-electron chi connectivity index (χ4n) is 2.40. The molecule has 128 valence electrons. The SMILES string of the molecule is Cn1ccnc(N[C@H](COc2ccccc2F)c2ccccc2)c1=O. The highest BCUT2D eigenvalue weighted by Crippen LogP contribution is 2.21. The molecule has 0 aliphatic rings. The predicted octanol–water partition coefficient (Wildman–Crippen LogP) is 3.15. The molecule has 5 nitrogen and oxygen atoms in total. The molecular weight excluding hydrogens is 321 g/mol. The van der Waals surface area contributed by atoms with Crippen LogP contribution in [0.4, 0.5) is 10.2 Å². The highest BCUT2D eigenvalue weighted by atomic mass is 19.1. The van der Waals surface area contributed by atoms with Crippen molar-refractivity contribution in [3.63, 3.8) is 0 Å². The minimum absolute atomic E-state index is 0.144. The van der Waals surface area contributed by atoms with Gasteiger partial charge in [0.05, 0.1) is 6.04 Å². The molecule has 0 fully saturated rings. The second kappa shape index (κ2) is 7.61. The van der Waals surface area contributed by atoms with Gasteiger partial charge in [0.2, 0.25) is 0 Å². The van der Waals surface area contributed by atoms with Gasteiger partial charge in [-0.25, -0.2) is 9.37 Å². The molecule has 0 aliphatic carbocycles. The summed E-state index contributed by atoms with van der Waals surface area (Å²) in [6.07, 6.45) is 3.13. The number of ether oxygens (including phenoxy) is 1. The molecule has 3 rings (SSSR count). The van der Waals surface area contributed by atoms with E-state index in [-0.39, 0.29) is 29.8 Å². The maximum atomic E-state index is 13.8. The summed E-state index contributed by atoms with van der Waals surface area (Å²) in [5, 5.41) is 3.10. The first kappa shape index (κ1) is 16.7. The second-order valence-corrected chi connectivity index (χ2v) is 5.54. The predicted molar refractivity (Wildman–Crippen MR) is 94.2 cm³/mol. The molecule has 0 amide bonds. The van der Waals surface area contributed by atoms with Gasteiger partial charge in [0.15, 0.2) is 17.4 Å². The number of halogens is 1. The van der Waals surface area contributed by atoms with Crippen molar-refractivity contribution in [1.82, 2.24) is 9.55 Å². The van der Waals surface area contributed by atoms with Gasteiger partial charge < -0.3 is 14.6 Å². The van der Waals surface area contributed by atoms with E-state index in [1.165, 1.54) is 10.6 Å². The number of anilines is 1. The highest BCUT2D eigenvalue weighted by Gasteiger charge is 2.16. The number of aryl methyl sites for hydroxylation is 1. The normalized spacial score (nSPS) is 11.8. The van der Waals surface area contributed by atoms with Crippen molar-refractivity contribution in [1.29, 1.82) is 0 Å². The Kier molecular flexibility index (Phi) is 5.09. The maximum absolute atomic E-state index is 13.8. The molecule has 0 saturated carbocycles. The number of rotatable bonds is 6. The molecule has 1 heterocycles. The standard InChI is InChI=1S/C19H18FN3O2/c1-23-12-11-21-18(19(23)24)22-16(14-7-3-2-4-8-14)13-25-17-10-6-5-9-15(17)20/h2-12,16H,13H2,1H3,(H,21,22)/t16-/m1/s1. The van der Waals surface area contributed by atoms with Crippen molar-refractivity contribution >= 4 is 5.82 Å². The fraction of sp³-hybridized carbons (Fsp3) is 0.158. The Bertz CT molecular complexity index is 896. The number of aromatic nitrogens is 2. The molecule has 0 radical (unpaired) electrons. The molecule has 1 aromatic heterocycles. The lowest BCUT2D eigenvalue weighted by molar-refractivity contribution is 0.284. The Hall–Kier alpha value is -3.15. The third-order valence-corrected chi connectivity index (χ3v) is 3.77. The summed E-state index contributed by atoms with van der Waals surface area (Å²) in [6, 6.07) is 15.4. The molecule has 1 N–H and O–H groups in total. The molecule has 3 aromatic rings. The van der Waals surface area contributed by atoms with Crippen LogP contribution in [0.15, 0.2) is 71.8 Å². The van der Waals surface area contributed by atoms with E-state index in [1.54, 1.807) is 37.6 Å². The van der Waals surface area contributed by atoms with Crippen LogP contribution in [0.2, 0.25) is 0 Å². The summed E-state index contributed by atoms with van der Waals surface area (Å²) in [4.78, 5) is 16.3. The van der Waals surface area contributed by atoms with Crippen molar-refractivity contribution in [2.24, 2.45) is 7.05 Å². The number of para-hydroxylation sites is 1. The molecular formula is C19H18FN3O2. The van der Waals surface area contributed by atoms with Gasteiger partial charge in [-0.15, -0.1) is 0 Å². The van der Waals surface area contributed by atoms with Gasteiger partial charge in [0.1, 0.15) is 6.61 Å². The Morgan fingerprint density at radius 2 is 1.88 bits per heavy atom. The van der Waals surface area contributed by atoms with Crippen molar-refractivity contribution in [3.8, 4) is 5.75 Å². The van der Waals surface area contributed by atoms with E-state index >= 15 is 0 Å². The van der Waals surface area contributed by atoms with Crippen LogP contribution >= 0.6 is 0 Å². The Balaban J connectivity index is 1.84. The molecule has 0 spiro atoms. The average Bonchev–Trinajstić information content (AvgIpc) is 2.64. The minimum atomic E-state index is -0.428. The van der Waals surface area contributed by atoms with Crippen LogP contribution < -0.4 is 15.6 Å². The second-order valence-electron chi connectivity index (χ2n) is 5.54. The third-order valence-electron chi connectivity index (χ3n) is 3.77. The van der Waals surface area contributed by atoms with Crippen molar-refractivity contribution in [2.45, 2.75) is 6.04 Å². The van der Waals surface area contributed by atoms with E-state index in [4.69, 9.17) is 4.74 Å². The Morgan fingerprint density at radius 3 is 2.64 bits per heavy atom. The monoisotopic (exact) mass is 339 g/mol. The Labute approximate surface area is 144 Å². The van der Waals surface area contributed by atoms with E-state index in [9.17, 15) is 9.18 Å². The van der Waals surface area contributed by atoms with Crippen LogP contribution in [0.3, 0.4) is 0 Å². The van der Waals surface area contributed by atoms with Gasteiger partial charge >= 0.3 is 0 Å². The lowest BCUT2D eigenvalue weighted by Gasteiger charge is -2.20. The largest absolute Gasteiger partial charge is 0.488 e. The summed E-state index contributed by atoms with van der Waals surface area (Å²) in [6.45, 7) is 0.144. The van der Waals surface area contributed by atoms with Gasteiger partial charge in [-0.05, 0) is 17.7 Å².